The Morgan fingerprint density at radius 1 is 0.950 bits per heavy atom. The normalized spacial score (nSPS) is 10.8. The van der Waals surface area contributed by atoms with Crippen molar-refractivity contribution in [3.63, 3.8) is 0 Å². The molecule has 0 fully saturated rings. The van der Waals surface area contributed by atoms with Gasteiger partial charge in [0.25, 0.3) is 0 Å². The Morgan fingerprint density at radius 3 is 2.70 bits per heavy atom. The number of nitrogens with zero attached hydrogens (tertiary/aromatic N) is 1. The van der Waals surface area contributed by atoms with E-state index in [0.717, 1.165) is 28.4 Å². The first-order valence-corrected chi connectivity index (χ1v) is 6.64. The number of rotatable bonds is 4. The molecule has 0 radical (unpaired) electrons. The number of hydrogen-bond donors (Lipinski definition) is 2. The number of aromatic nitrogens is 1. The van der Waals surface area contributed by atoms with Gasteiger partial charge in [-0.05, 0) is 28.5 Å². The number of pyridine rings is 1. The van der Waals surface area contributed by atoms with E-state index in [9.17, 15) is 5.11 Å². The first kappa shape index (κ1) is 12.6. The van der Waals surface area contributed by atoms with Crippen molar-refractivity contribution >= 4 is 10.8 Å². The summed E-state index contributed by atoms with van der Waals surface area (Å²) in [5.74, 6) is 0.336. The predicted octanol–water partition coefficient (Wildman–Crippen LogP) is 3.23. The molecule has 0 saturated heterocycles. The van der Waals surface area contributed by atoms with Gasteiger partial charge in [-0.2, -0.15) is 0 Å². The topological polar surface area (TPSA) is 45.1 Å². The van der Waals surface area contributed by atoms with Crippen LogP contribution in [0.25, 0.3) is 10.8 Å². The molecule has 0 aliphatic heterocycles. The summed E-state index contributed by atoms with van der Waals surface area (Å²) < 4.78 is 0. The average Bonchev–Trinajstić information content (AvgIpc) is 2.50. The minimum absolute atomic E-state index is 0.336. The van der Waals surface area contributed by atoms with Crippen LogP contribution in [0.4, 0.5) is 0 Å². The van der Waals surface area contributed by atoms with Crippen LogP contribution in [-0.4, -0.2) is 10.1 Å². The quantitative estimate of drug-likeness (QED) is 0.760. The fourth-order valence-corrected chi connectivity index (χ4v) is 2.34. The van der Waals surface area contributed by atoms with Gasteiger partial charge in [-0.15, -0.1) is 0 Å². The van der Waals surface area contributed by atoms with Crippen molar-refractivity contribution in [2.45, 2.75) is 13.1 Å². The summed E-state index contributed by atoms with van der Waals surface area (Å²) in [5, 5.41) is 15.6. The lowest BCUT2D eigenvalue weighted by molar-refractivity contribution is 0.466. The van der Waals surface area contributed by atoms with Crippen LogP contribution in [0.15, 0.2) is 60.9 Å². The molecule has 1 aromatic heterocycles. The summed E-state index contributed by atoms with van der Waals surface area (Å²) in [4.78, 5) is 4.09. The molecule has 3 heteroatoms. The van der Waals surface area contributed by atoms with E-state index < -0.39 is 0 Å². The predicted molar refractivity (Wildman–Crippen MR) is 80.4 cm³/mol. The molecule has 0 unspecified atom stereocenters. The fraction of sp³-hybridized carbons (Fsp3) is 0.118. The molecule has 1 heterocycles. The van der Waals surface area contributed by atoms with Gasteiger partial charge in [-0.1, -0.05) is 36.4 Å². The minimum Gasteiger partial charge on any atom is -0.508 e. The van der Waals surface area contributed by atoms with E-state index in [0.29, 0.717) is 12.3 Å². The Kier molecular flexibility index (Phi) is 3.61. The van der Waals surface area contributed by atoms with Gasteiger partial charge in [0.05, 0.1) is 0 Å². The third kappa shape index (κ3) is 2.63. The number of nitrogens with one attached hydrogen (secondary N) is 1. The number of phenols is 1. The zero-order valence-electron chi connectivity index (χ0n) is 11.1. The van der Waals surface area contributed by atoms with Crippen LogP contribution in [0, 0.1) is 0 Å². The Morgan fingerprint density at radius 2 is 1.85 bits per heavy atom. The van der Waals surface area contributed by atoms with Crippen molar-refractivity contribution in [1.82, 2.24) is 10.3 Å². The van der Waals surface area contributed by atoms with Gasteiger partial charge in [0.15, 0.2) is 0 Å². The second kappa shape index (κ2) is 5.72. The van der Waals surface area contributed by atoms with Gasteiger partial charge < -0.3 is 10.4 Å². The summed E-state index contributed by atoms with van der Waals surface area (Å²) in [6.45, 7) is 1.36. The van der Waals surface area contributed by atoms with Gasteiger partial charge in [0, 0.05) is 31.0 Å². The van der Waals surface area contributed by atoms with Crippen molar-refractivity contribution < 1.29 is 5.11 Å². The third-order valence-corrected chi connectivity index (χ3v) is 3.37. The van der Waals surface area contributed by atoms with Crippen LogP contribution in [0.3, 0.4) is 0 Å². The number of fused-ring (bicyclic) bond motifs is 1. The molecule has 0 aliphatic carbocycles. The summed E-state index contributed by atoms with van der Waals surface area (Å²) >= 11 is 0. The van der Waals surface area contributed by atoms with E-state index in [2.05, 4.69) is 16.4 Å². The molecule has 0 bridgehead atoms. The molecule has 2 aromatic carbocycles. The van der Waals surface area contributed by atoms with Crippen LogP contribution in [0.5, 0.6) is 5.75 Å². The monoisotopic (exact) mass is 264 g/mol. The molecule has 3 rings (SSSR count). The molecule has 3 nitrogen and oxygen atoms in total. The van der Waals surface area contributed by atoms with Gasteiger partial charge in [-0.25, -0.2) is 0 Å². The molecular formula is C17H16N2O. The van der Waals surface area contributed by atoms with E-state index in [1.165, 1.54) is 0 Å². The number of benzene rings is 2. The summed E-state index contributed by atoms with van der Waals surface area (Å²) in [5.41, 5.74) is 2.07. The summed E-state index contributed by atoms with van der Waals surface area (Å²) in [7, 11) is 0. The molecule has 2 N–H and O–H groups in total. The lowest BCUT2D eigenvalue weighted by Gasteiger charge is -2.10. The molecule has 0 aliphatic rings. The highest BCUT2D eigenvalue weighted by Gasteiger charge is 2.06. The Labute approximate surface area is 117 Å². The summed E-state index contributed by atoms with van der Waals surface area (Å²) in [6, 6.07) is 15.7. The van der Waals surface area contributed by atoms with E-state index in [-0.39, 0.29) is 0 Å². The van der Waals surface area contributed by atoms with Crippen molar-refractivity contribution in [3.8, 4) is 5.75 Å². The lowest BCUT2D eigenvalue weighted by atomic mass is 10.0. The minimum atomic E-state index is 0.336. The highest BCUT2D eigenvalue weighted by molar-refractivity contribution is 5.87. The Balaban J connectivity index is 1.79. The van der Waals surface area contributed by atoms with Gasteiger partial charge in [0.2, 0.25) is 0 Å². The number of hydrogen-bond acceptors (Lipinski definition) is 3. The molecule has 0 atom stereocenters. The smallest absolute Gasteiger partial charge is 0.120 e. The van der Waals surface area contributed by atoms with Crippen LogP contribution in [0.2, 0.25) is 0 Å². The molecule has 20 heavy (non-hydrogen) atoms. The highest BCUT2D eigenvalue weighted by Crippen LogP contribution is 2.26. The standard InChI is InChI=1S/C17H16N2O/c20-17-8-7-14-5-1-2-6-15(14)16(17)12-19-11-13-4-3-9-18-10-13/h1-10,19-20H,11-12H2. The van der Waals surface area contributed by atoms with E-state index in [1.54, 1.807) is 12.3 Å². The van der Waals surface area contributed by atoms with Crippen molar-refractivity contribution in [2.75, 3.05) is 0 Å². The second-order valence-corrected chi connectivity index (χ2v) is 4.75. The van der Waals surface area contributed by atoms with Crippen molar-refractivity contribution in [3.05, 3.63) is 72.1 Å². The zero-order valence-corrected chi connectivity index (χ0v) is 11.1. The largest absolute Gasteiger partial charge is 0.508 e. The van der Waals surface area contributed by atoms with Crippen LogP contribution in [-0.2, 0) is 13.1 Å². The van der Waals surface area contributed by atoms with Crippen LogP contribution >= 0.6 is 0 Å². The van der Waals surface area contributed by atoms with E-state index >= 15 is 0 Å². The highest BCUT2D eigenvalue weighted by atomic mass is 16.3. The maximum absolute atomic E-state index is 10.1. The molecule has 0 saturated carbocycles. The van der Waals surface area contributed by atoms with Crippen molar-refractivity contribution in [2.24, 2.45) is 0 Å². The van der Waals surface area contributed by atoms with E-state index in [4.69, 9.17) is 0 Å². The van der Waals surface area contributed by atoms with Crippen molar-refractivity contribution in [1.29, 1.82) is 0 Å². The molecule has 3 aromatic rings. The number of phenolic OH excluding ortho intramolecular Hbond substituents is 1. The SMILES string of the molecule is Oc1ccc2ccccc2c1CNCc1cccnc1. The Bertz CT molecular complexity index is 711. The maximum Gasteiger partial charge on any atom is 0.120 e. The van der Waals surface area contributed by atoms with Gasteiger partial charge in [-0.3, -0.25) is 4.98 Å². The van der Waals surface area contributed by atoms with Crippen LogP contribution in [0.1, 0.15) is 11.1 Å². The lowest BCUT2D eigenvalue weighted by Crippen LogP contribution is -2.13. The summed E-state index contributed by atoms with van der Waals surface area (Å²) in [6.07, 6.45) is 3.61. The van der Waals surface area contributed by atoms with Gasteiger partial charge in [0.1, 0.15) is 5.75 Å². The average molecular weight is 264 g/mol. The maximum atomic E-state index is 10.1. The third-order valence-electron chi connectivity index (χ3n) is 3.37. The molecule has 100 valence electrons. The Hall–Kier alpha value is -2.39. The molecule has 0 spiro atoms. The second-order valence-electron chi connectivity index (χ2n) is 4.75. The van der Waals surface area contributed by atoms with Gasteiger partial charge >= 0.3 is 0 Å². The zero-order chi connectivity index (χ0) is 13.8. The molecule has 0 amide bonds. The first-order valence-electron chi connectivity index (χ1n) is 6.64. The first-order chi connectivity index (χ1) is 9.84. The number of aromatic hydroxyl groups is 1. The van der Waals surface area contributed by atoms with E-state index in [1.807, 2.05) is 42.6 Å². The molecular weight excluding hydrogens is 248 g/mol. The van der Waals surface area contributed by atoms with Crippen LogP contribution < -0.4 is 5.32 Å². The fourth-order valence-electron chi connectivity index (χ4n) is 2.34.